The molecule has 0 saturated carbocycles. The SMILES string of the molecule is Cc1nnsc1C(N)Cc1cccc(F)c1F. The van der Waals surface area contributed by atoms with E-state index in [4.69, 9.17) is 5.73 Å². The second-order valence-electron chi connectivity index (χ2n) is 3.75. The molecule has 1 atom stereocenters. The van der Waals surface area contributed by atoms with Crippen molar-refractivity contribution >= 4 is 11.5 Å². The van der Waals surface area contributed by atoms with Gasteiger partial charge in [0.1, 0.15) is 0 Å². The van der Waals surface area contributed by atoms with Crippen LogP contribution in [0.3, 0.4) is 0 Å². The molecule has 0 fully saturated rings. The molecule has 0 bridgehead atoms. The molecule has 0 radical (unpaired) electrons. The normalized spacial score (nSPS) is 12.7. The van der Waals surface area contributed by atoms with E-state index in [-0.39, 0.29) is 12.0 Å². The number of benzene rings is 1. The van der Waals surface area contributed by atoms with Gasteiger partial charge in [-0.2, -0.15) is 0 Å². The van der Waals surface area contributed by atoms with Crippen molar-refractivity contribution < 1.29 is 8.78 Å². The molecule has 17 heavy (non-hydrogen) atoms. The van der Waals surface area contributed by atoms with Gasteiger partial charge in [0.05, 0.1) is 10.6 Å². The van der Waals surface area contributed by atoms with Crippen LogP contribution < -0.4 is 5.73 Å². The molecule has 1 aromatic heterocycles. The second kappa shape index (κ2) is 4.85. The lowest BCUT2D eigenvalue weighted by Crippen LogP contribution is -2.14. The smallest absolute Gasteiger partial charge is 0.162 e. The molecule has 1 heterocycles. The van der Waals surface area contributed by atoms with Crippen molar-refractivity contribution in [1.82, 2.24) is 9.59 Å². The highest BCUT2D eigenvalue weighted by atomic mass is 32.1. The Hall–Kier alpha value is -1.40. The van der Waals surface area contributed by atoms with Crippen LogP contribution in [0.25, 0.3) is 0 Å². The minimum absolute atomic E-state index is 0.230. The van der Waals surface area contributed by atoms with Gasteiger partial charge in [0.2, 0.25) is 0 Å². The second-order valence-corrected chi connectivity index (χ2v) is 4.53. The first-order valence-corrected chi connectivity index (χ1v) is 5.84. The molecule has 0 aliphatic heterocycles. The van der Waals surface area contributed by atoms with Crippen molar-refractivity contribution in [3.63, 3.8) is 0 Å². The molecule has 2 rings (SSSR count). The Kier molecular flexibility index (Phi) is 3.44. The first-order chi connectivity index (χ1) is 8.09. The predicted octanol–water partition coefficient (Wildman–Crippen LogP) is 2.37. The molecule has 0 saturated heterocycles. The quantitative estimate of drug-likeness (QED) is 0.916. The maximum absolute atomic E-state index is 13.4. The van der Waals surface area contributed by atoms with Gasteiger partial charge in [0, 0.05) is 6.04 Å². The van der Waals surface area contributed by atoms with E-state index in [0.717, 1.165) is 16.6 Å². The van der Waals surface area contributed by atoms with Crippen molar-refractivity contribution in [2.24, 2.45) is 5.73 Å². The van der Waals surface area contributed by atoms with Crippen LogP contribution in [0.5, 0.6) is 0 Å². The summed E-state index contributed by atoms with van der Waals surface area (Å²) in [5, 5.41) is 3.84. The molecular weight excluding hydrogens is 244 g/mol. The summed E-state index contributed by atoms with van der Waals surface area (Å²) in [6.07, 6.45) is 0.230. The molecular formula is C11H11F2N3S. The van der Waals surface area contributed by atoms with Crippen LogP contribution in [0, 0.1) is 18.6 Å². The summed E-state index contributed by atoms with van der Waals surface area (Å²) in [5.74, 6) is -1.69. The van der Waals surface area contributed by atoms with E-state index in [1.165, 1.54) is 23.7 Å². The lowest BCUT2D eigenvalue weighted by atomic mass is 10.0. The largest absolute Gasteiger partial charge is 0.323 e. The Morgan fingerprint density at radius 3 is 2.82 bits per heavy atom. The topological polar surface area (TPSA) is 51.8 Å². The third-order valence-electron chi connectivity index (χ3n) is 2.49. The summed E-state index contributed by atoms with van der Waals surface area (Å²) >= 11 is 1.18. The number of aromatic nitrogens is 2. The molecule has 1 aromatic carbocycles. The number of nitrogens with zero attached hydrogens (tertiary/aromatic N) is 2. The van der Waals surface area contributed by atoms with E-state index in [0.29, 0.717) is 0 Å². The minimum atomic E-state index is -0.853. The number of rotatable bonds is 3. The summed E-state index contributed by atoms with van der Waals surface area (Å²) in [7, 11) is 0. The number of hydrogen-bond acceptors (Lipinski definition) is 4. The fraction of sp³-hybridized carbons (Fsp3) is 0.273. The summed E-state index contributed by atoms with van der Waals surface area (Å²) in [6.45, 7) is 1.79. The summed E-state index contributed by atoms with van der Waals surface area (Å²) in [6, 6.07) is 3.68. The van der Waals surface area contributed by atoms with Crippen LogP contribution >= 0.6 is 11.5 Å². The lowest BCUT2D eigenvalue weighted by molar-refractivity contribution is 0.494. The summed E-state index contributed by atoms with van der Waals surface area (Å²) < 4.78 is 30.2. The molecule has 0 aliphatic rings. The monoisotopic (exact) mass is 255 g/mol. The Balaban J connectivity index is 2.22. The van der Waals surface area contributed by atoms with E-state index in [2.05, 4.69) is 9.59 Å². The van der Waals surface area contributed by atoms with E-state index < -0.39 is 17.7 Å². The van der Waals surface area contributed by atoms with Crippen LogP contribution in [0.15, 0.2) is 18.2 Å². The number of nitrogens with two attached hydrogens (primary N) is 1. The van der Waals surface area contributed by atoms with Gasteiger partial charge in [-0.05, 0) is 36.5 Å². The van der Waals surface area contributed by atoms with Gasteiger partial charge in [-0.15, -0.1) is 5.10 Å². The van der Waals surface area contributed by atoms with Crippen molar-refractivity contribution in [1.29, 1.82) is 0 Å². The van der Waals surface area contributed by atoms with Crippen LogP contribution in [0.4, 0.5) is 8.78 Å². The highest BCUT2D eigenvalue weighted by molar-refractivity contribution is 7.05. The van der Waals surface area contributed by atoms with Gasteiger partial charge in [-0.3, -0.25) is 0 Å². The maximum Gasteiger partial charge on any atom is 0.162 e. The molecule has 90 valence electrons. The first kappa shape index (κ1) is 12.1. The first-order valence-electron chi connectivity index (χ1n) is 5.07. The van der Waals surface area contributed by atoms with E-state index >= 15 is 0 Å². The highest BCUT2D eigenvalue weighted by Gasteiger charge is 2.16. The highest BCUT2D eigenvalue weighted by Crippen LogP contribution is 2.23. The van der Waals surface area contributed by atoms with E-state index in [1.807, 2.05) is 0 Å². The fourth-order valence-corrected chi connectivity index (χ4v) is 2.26. The zero-order valence-electron chi connectivity index (χ0n) is 9.15. The number of halogens is 2. The van der Waals surface area contributed by atoms with Gasteiger partial charge in [-0.1, -0.05) is 16.6 Å². The van der Waals surface area contributed by atoms with Crippen molar-refractivity contribution in [2.45, 2.75) is 19.4 Å². The van der Waals surface area contributed by atoms with Crippen LogP contribution in [0.2, 0.25) is 0 Å². The molecule has 1 unspecified atom stereocenters. The molecule has 0 spiro atoms. The Bertz CT molecular complexity index is 527. The van der Waals surface area contributed by atoms with Crippen LogP contribution in [-0.4, -0.2) is 9.59 Å². The number of hydrogen-bond donors (Lipinski definition) is 1. The molecule has 3 nitrogen and oxygen atoms in total. The van der Waals surface area contributed by atoms with Crippen molar-refractivity contribution in [2.75, 3.05) is 0 Å². The Morgan fingerprint density at radius 1 is 1.41 bits per heavy atom. The zero-order chi connectivity index (χ0) is 12.4. The molecule has 0 aliphatic carbocycles. The van der Waals surface area contributed by atoms with Gasteiger partial charge >= 0.3 is 0 Å². The summed E-state index contributed by atoms with van der Waals surface area (Å²) in [4.78, 5) is 0.800. The zero-order valence-corrected chi connectivity index (χ0v) is 9.97. The standard InChI is InChI=1S/C11H11F2N3S/c1-6-11(17-16-15-6)9(14)5-7-3-2-4-8(12)10(7)13/h2-4,9H,5,14H2,1H3. The Morgan fingerprint density at radius 2 is 2.18 bits per heavy atom. The van der Waals surface area contributed by atoms with E-state index in [1.54, 1.807) is 6.92 Å². The molecule has 2 N–H and O–H groups in total. The maximum atomic E-state index is 13.4. The molecule has 0 amide bonds. The van der Waals surface area contributed by atoms with E-state index in [9.17, 15) is 8.78 Å². The third-order valence-corrected chi connectivity index (χ3v) is 3.45. The lowest BCUT2D eigenvalue weighted by Gasteiger charge is -2.10. The van der Waals surface area contributed by atoms with Crippen molar-refractivity contribution in [3.05, 3.63) is 46.0 Å². The summed E-state index contributed by atoms with van der Waals surface area (Å²) in [5.41, 5.74) is 6.94. The third kappa shape index (κ3) is 2.48. The van der Waals surface area contributed by atoms with Gasteiger partial charge in [-0.25, -0.2) is 8.78 Å². The number of aryl methyl sites for hydroxylation is 1. The van der Waals surface area contributed by atoms with Crippen LogP contribution in [0.1, 0.15) is 22.2 Å². The fourth-order valence-electron chi connectivity index (χ4n) is 1.61. The van der Waals surface area contributed by atoms with Crippen LogP contribution in [-0.2, 0) is 6.42 Å². The van der Waals surface area contributed by atoms with Gasteiger partial charge < -0.3 is 5.73 Å². The minimum Gasteiger partial charge on any atom is -0.323 e. The van der Waals surface area contributed by atoms with Gasteiger partial charge in [0.15, 0.2) is 11.6 Å². The molecule has 2 aromatic rings. The van der Waals surface area contributed by atoms with Gasteiger partial charge in [0.25, 0.3) is 0 Å². The predicted molar refractivity (Wildman–Crippen MR) is 61.6 cm³/mol. The molecule has 6 heteroatoms. The Labute approximate surface area is 101 Å². The average Bonchev–Trinajstić information content (AvgIpc) is 2.71. The van der Waals surface area contributed by atoms with Crippen molar-refractivity contribution in [3.8, 4) is 0 Å². The average molecular weight is 255 g/mol.